The van der Waals surface area contributed by atoms with Gasteiger partial charge in [0.2, 0.25) is 5.91 Å². The number of aryl methyl sites for hydroxylation is 1. The first kappa shape index (κ1) is 11.1. The maximum atomic E-state index is 11.5. The number of rotatable bonds is 3. The Kier molecular flexibility index (Phi) is 3.18. The second kappa shape index (κ2) is 4.60. The van der Waals surface area contributed by atoms with Crippen LogP contribution < -0.4 is 9.64 Å². The largest absolute Gasteiger partial charge is 0.494 e. The Hall–Kier alpha value is -1.45. The van der Waals surface area contributed by atoms with E-state index in [9.17, 15) is 4.79 Å². The van der Waals surface area contributed by atoms with E-state index in [4.69, 9.17) is 12.6 Å². The van der Waals surface area contributed by atoms with Crippen molar-refractivity contribution in [2.75, 3.05) is 18.6 Å². The maximum absolute atomic E-state index is 11.5. The molecule has 82 valence electrons. The molecule has 1 aromatic rings. The average molecular weight is 215 g/mol. The SMILES string of the molecule is [B]CCOc1ccc2c(c1)CCC(=O)N2C. The van der Waals surface area contributed by atoms with Gasteiger partial charge in [-0.15, -0.1) is 0 Å². The molecule has 0 N–H and O–H groups in total. The number of nitrogens with zero attached hydrogens (tertiary/aromatic N) is 1. The van der Waals surface area contributed by atoms with E-state index >= 15 is 0 Å². The number of hydrogen-bond donors (Lipinski definition) is 0. The molecule has 1 amide bonds. The van der Waals surface area contributed by atoms with Gasteiger partial charge in [-0.3, -0.25) is 4.79 Å². The molecule has 0 bridgehead atoms. The van der Waals surface area contributed by atoms with E-state index in [1.54, 1.807) is 11.9 Å². The van der Waals surface area contributed by atoms with Crippen molar-refractivity contribution in [3.8, 4) is 5.75 Å². The highest BCUT2D eigenvalue weighted by Gasteiger charge is 2.20. The maximum Gasteiger partial charge on any atom is 0.227 e. The molecule has 0 aliphatic carbocycles. The number of benzene rings is 1. The van der Waals surface area contributed by atoms with Crippen LogP contribution in [0, 0.1) is 0 Å². The summed E-state index contributed by atoms with van der Waals surface area (Å²) in [6.45, 7) is 0.521. The zero-order valence-corrected chi connectivity index (χ0v) is 9.40. The van der Waals surface area contributed by atoms with Gasteiger partial charge in [0.15, 0.2) is 0 Å². The van der Waals surface area contributed by atoms with Gasteiger partial charge in [0.05, 0.1) is 14.5 Å². The molecule has 1 aliphatic heterocycles. The third kappa shape index (κ3) is 2.06. The first-order valence-corrected chi connectivity index (χ1v) is 5.44. The number of hydrogen-bond acceptors (Lipinski definition) is 2. The highest BCUT2D eigenvalue weighted by Crippen LogP contribution is 2.30. The van der Waals surface area contributed by atoms with Crippen molar-refractivity contribution in [1.82, 2.24) is 0 Å². The molecule has 1 aliphatic rings. The molecule has 0 fully saturated rings. The first-order chi connectivity index (χ1) is 7.72. The second-order valence-corrected chi connectivity index (χ2v) is 3.88. The molecule has 0 atom stereocenters. The Labute approximate surface area is 96.8 Å². The van der Waals surface area contributed by atoms with E-state index in [0.29, 0.717) is 19.3 Å². The summed E-state index contributed by atoms with van der Waals surface area (Å²) in [6, 6.07) is 5.80. The monoisotopic (exact) mass is 215 g/mol. The molecule has 1 heterocycles. The summed E-state index contributed by atoms with van der Waals surface area (Å²) in [5.74, 6) is 0.995. The summed E-state index contributed by atoms with van der Waals surface area (Å²) in [5, 5.41) is 0. The minimum absolute atomic E-state index is 0.170. The van der Waals surface area contributed by atoms with Gasteiger partial charge in [0.1, 0.15) is 5.75 Å². The van der Waals surface area contributed by atoms with Crippen LogP contribution in [-0.4, -0.2) is 27.4 Å². The number of anilines is 1. The van der Waals surface area contributed by atoms with Gasteiger partial charge in [-0.1, -0.05) is 6.32 Å². The van der Waals surface area contributed by atoms with Crippen molar-refractivity contribution in [3.05, 3.63) is 23.8 Å². The number of fused-ring (bicyclic) bond motifs is 1. The van der Waals surface area contributed by atoms with Crippen LogP contribution in [0.25, 0.3) is 0 Å². The number of carbonyl (C=O) groups is 1. The molecule has 0 saturated carbocycles. The van der Waals surface area contributed by atoms with Gasteiger partial charge < -0.3 is 9.64 Å². The van der Waals surface area contributed by atoms with Crippen LogP contribution in [0.3, 0.4) is 0 Å². The lowest BCUT2D eigenvalue weighted by molar-refractivity contribution is -0.118. The fraction of sp³-hybridized carbons (Fsp3) is 0.417. The summed E-state index contributed by atoms with van der Waals surface area (Å²) in [5.41, 5.74) is 2.15. The summed E-state index contributed by atoms with van der Waals surface area (Å²) >= 11 is 0. The lowest BCUT2D eigenvalue weighted by Gasteiger charge is -2.26. The molecule has 0 saturated heterocycles. The lowest BCUT2D eigenvalue weighted by Crippen LogP contribution is -2.30. The second-order valence-electron chi connectivity index (χ2n) is 3.88. The molecule has 1 aromatic carbocycles. The quantitative estimate of drug-likeness (QED) is 0.716. The van der Waals surface area contributed by atoms with Gasteiger partial charge in [0, 0.05) is 19.2 Å². The summed E-state index contributed by atoms with van der Waals surface area (Å²) < 4.78 is 5.45. The predicted molar refractivity (Wildman–Crippen MR) is 64.2 cm³/mol. The van der Waals surface area contributed by atoms with Crippen LogP contribution in [-0.2, 0) is 11.2 Å². The van der Waals surface area contributed by atoms with E-state index in [2.05, 4.69) is 0 Å². The third-order valence-electron chi connectivity index (χ3n) is 2.78. The number of amides is 1. The van der Waals surface area contributed by atoms with Crippen LogP contribution in [0.2, 0.25) is 6.32 Å². The lowest BCUT2D eigenvalue weighted by atomic mass is 10.0. The predicted octanol–water partition coefficient (Wildman–Crippen LogP) is 1.56. The summed E-state index contributed by atoms with van der Waals surface area (Å²) in [7, 11) is 7.18. The van der Waals surface area contributed by atoms with Crippen LogP contribution in [0.5, 0.6) is 5.75 Å². The van der Waals surface area contributed by atoms with E-state index in [-0.39, 0.29) is 5.91 Å². The van der Waals surface area contributed by atoms with E-state index < -0.39 is 0 Å². The molecular formula is C12H14BNO2. The third-order valence-corrected chi connectivity index (χ3v) is 2.78. The Morgan fingerprint density at radius 1 is 1.44 bits per heavy atom. The highest BCUT2D eigenvalue weighted by molar-refractivity contribution is 6.08. The Morgan fingerprint density at radius 2 is 2.25 bits per heavy atom. The molecular weight excluding hydrogens is 201 g/mol. The van der Waals surface area contributed by atoms with Crippen molar-refractivity contribution < 1.29 is 9.53 Å². The molecule has 3 nitrogen and oxygen atoms in total. The molecule has 0 aromatic heterocycles. The van der Waals surface area contributed by atoms with Crippen molar-refractivity contribution in [2.45, 2.75) is 19.2 Å². The van der Waals surface area contributed by atoms with Crippen molar-refractivity contribution in [1.29, 1.82) is 0 Å². The van der Waals surface area contributed by atoms with Gasteiger partial charge >= 0.3 is 0 Å². The minimum atomic E-state index is 0.170. The zero-order chi connectivity index (χ0) is 11.5. The fourth-order valence-electron chi connectivity index (χ4n) is 1.90. The standard InChI is InChI=1S/C12H14BNO2/c1-14-11-4-3-10(16-7-6-13)8-9(11)2-5-12(14)15/h3-4,8H,2,5-7H2,1H3. The van der Waals surface area contributed by atoms with Crippen molar-refractivity contribution in [2.24, 2.45) is 0 Å². The van der Waals surface area contributed by atoms with Crippen LogP contribution >= 0.6 is 0 Å². The number of ether oxygens (including phenoxy) is 1. The van der Waals surface area contributed by atoms with Gasteiger partial charge in [0.25, 0.3) is 0 Å². The molecule has 4 heteroatoms. The topological polar surface area (TPSA) is 29.5 Å². The van der Waals surface area contributed by atoms with E-state index in [0.717, 1.165) is 23.4 Å². The van der Waals surface area contributed by atoms with Crippen LogP contribution in [0.1, 0.15) is 12.0 Å². The Bertz CT molecular complexity index is 406. The minimum Gasteiger partial charge on any atom is -0.494 e. The fourth-order valence-corrected chi connectivity index (χ4v) is 1.90. The van der Waals surface area contributed by atoms with Crippen LogP contribution in [0.15, 0.2) is 18.2 Å². The molecule has 2 rings (SSSR count). The molecule has 0 spiro atoms. The first-order valence-electron chi connectivity index (χ1n) is 5.44. The zero-order valence-electron chi connectivity index (χ0n) is 9.40. The Balaban J connectivity index is 2.23. The highest BCUT2D eigenvalue weighted by atomic mass is 16.5. The van der Waals surface area contributed by atoms with Gasteiger partial charge in [-0.2, -0.15) is 0 Å². The molecule has 16 heavy (non-hydrogen) atoms. The smallest absolute Gasteiger partial charge is 0.227 e. The van der Waals surface area contributed by atoms with E-state index in [1.165, 1.54) is 0 Å². The summed E-state index contributed by atoms with van der Waals surface area (Å²) in [6.07, 6.45) is 1.87. The average Bonchev–Trinajstić information content (AvgIpc) is 2.31. The summed E-state index contributed by atoms with van der Waals surface area (Å²) in [4.78, 5) is 13.2. The normalized spacial score (nSPS) is 14.8. The number of carbonyl (C=O) groups excluding carboxylic acids is 1. The van der Waals surface area contributed by atoms with Crippen LogP contribution in [0.4, 0.5) is 5.69 Å². The van der Waals surface area contributed by atoms with E-state index in [1.807, 2.05) is 18.2 Å². The van der Waals surface area contributed by atoms with Crippen molar-refractivity contribution >= 4 is 19.4 Å². The van der Waals surface area contributed by atoms with Crippen molar-refractivity contribution in [3.63, 3.8) is 0 Å². The van der Waals surface area contributed by atoms with Gasteiger partial charge in [-0.25, -0.2) is 0 Å². The molecule has 2 radical (unpaired) electrons. The molecule has 0 unspecified atom stereocenters. The van der Waals surface area contributed by atoms with Gasteiger partial charge in [-0.05, 0) is 30.2 Å². The Morgan fingerprint density at radius 3 is 3.00 bits per heavy atom.